The van der Waals surface area contributed by atoms with Crippen molar-refractivity contribution in [2.75, 3.05) is 6.54 Å². The van der Waals surface area contributed by atoms with Crippen molar-refractivity contribution < 1.29 is 9.21 Å². The predicted molar refractivity (Wildman–Crippen MR) is 57.1 cm³/mol. The van der Waals surface area contributed by atoms with Gasteiger partial charge in [0.1, 0.15) is 5.76 Å². The highest BCUT2D eigenvalue weighted by Crippen LogP contribution is 2.31. The van der Waals surface area contributed by atoms with Gasteiger partial charge in [-0.2, -0.15) is 5.26 Å². The zero-order valence-corrected chi connectivity index (χ0v) is 9.06. The van der Waals surface area contributed by atoms with Crippen LogP contribution in [0.15, 0.2) is 22.8 Å². The first-order chi connectivity index (χ1) is 7.81. The zero-order chi connectivity index (χ0) is 11.4. The third kappa shape index (κ3) is 2.63. The van der Waals surface area contributed by atoms with Gasteiger partial charge in [0.25, 0.3) is 0 Å². The molecule has 0 bridgehead atoms. The lowest BCUT2D eigenvalue weighted by Crippen LogP contribution is -2.32. The van der Waals surface area contributed by atoms with E-state index >= 15 is 0 Å². The number of carbonyl (C=O) groups excluding carboxylic acids is 1. The molecular formula is C12H14N2O2. The number of nitriles is 1. The minimum atomic E-state index is 0.159. The molecule has 1 heterocycles. The molecular weight excluding hydrogens is 204 g/mol. The summed E-state index contributed by atoms with van der Waals surface area (Å²) in [5, 5.41) is 8.57. The average molecular weight is 218 g/mol. The second kappa shape index (κ2) is 4.84. The summed E-state index contributed by atoms with van der Waals surface area (Å²) in [7, 11) is 0. The maximum Gasteiger partial charge on any atom is 0.226 e. The Bertz CT molecular complexity index is 388. The summed E-state index contributed by atoms with van der Waals surface area (Å²) in [4.78, 5) is 13.6. The van der Waals surface area contributed by atoms with Gasteiger partial charge in [0, 0.05) is 12.5 Å². The van der Waals surface area contributed by atoms with E-state index < -0.39 is 0 Å². The first-order valence-electron chi connectivity index (χ1n) is 5.49. The van der Waals surface area contributed by atoms with Crippen LogP contribution in [0.3, 0.4) is 0 Å². The van der Waals surface area contributed by atoms with E-state index in [4.69, 9.17) is 9.68 Å². The number of carbonyl (C=O) groups is 1. The second-order valence-corrected chi connectivity index (χ2v) is 4.02. The van der Waals surface area contributed by atoms with Crippen molar-refractivity contribution in [3.63, 3.8) is 0 Å². The number of hydrogen-bond acceptors (Lipinski definition) is 3. The summed E-state index contributed by atoms with van der Waals surface area (Å²) in [5.74, 6) is 1.12. The summed E-state index contributed by atoms with van der Waals surface area (Å²) >= 11 is 0. The molecule has 1 aromatic rings. The van der Waals surface area contributed by atoms with Gasteiger partial charge < -0.3 is 9.32 Å². The quantitative estimate of drug-likeness (QED) is 0.758. The summed E-state index contributed by atoms with van der Waals surface area (Å²) in [6.07, 6.45) is 3.94. The molecule has 0 spiro atoms. The Morgan fingerprint density at radius 1 is 1.62 bits per heavy atom. The molecule has 4 heteroatoms. The molecule has 1 amide bonds. The maximum absolute atomic E-state index is 11.9. The highest BCUT2D eigenvalue weighted by Gasteiger charge is 2.33. The van der Waals surface area contributed by atoms with Crippen LogP contribution in [0.1, 0.15) is 25.0 Å². The molecule has 0 aromatic carbocycles. The van der Waals surface area contributed by atoms with E-state index in [1.807, 2.05) is 6.07 Å². The molecule has 1 aliphatic rings. The Hall–Kier alpha value is -1.76. The topological polar surface area (TPSA) is 57.2 Å². The molecule has 84 valence electrons. The lowest BCUT2D eigenvalue weighted by molar-refractivity contribution is -0.133. The number of hydrogen-bond donors (Lipinski definition) is 0. The Morgan fingerprint density at radius 3 is 3.00 bits per heavy atom. The fourth-order valence-corrected chi connectivity index (χ4v) is 1.63. The lowest BCUT2D eigenvalue weighted by atomic mass is 10.3. The van der Waals surface area contributed by atoms with Crippen LogP contribution < -0.4 is 0 Å². The Labute approximate surface area is 94.5 Å². The molecule has 0 saturated heterocycles. The van der Waals surface area contributed by atoms with Crippen LogP contribution in [0.25, 0.3) is 0 Å². The molecule has 1 aromatic heterocycles. The largest absolute Gasteiger partial charge is 0.467 e. The van der Waals surface area contributed by atoms with Gasteiger partial charge >= 0.3 is 0 Å². The molecule has 1 aliphatic carbocycles. The Balaban J connectivity index is 1.96. The standard InChI is InChI=1S/C12H14N2O2/c13-6-2-7-14(12(15)10-4-5-10)9-11-3-1-8-16-11/h1,3,8,10H,2,4-5,7,9H2. The van der Waals surface area contributed by atoms with Crippen LogP contribution in [0, 0.1) is 17.2 Å². The van der Waals surface area contributed by atoms with Crippen molar-refractivity contribution in [3.8, 4) is 6.07 Å². The summed E-state index contributed by atoms with van der Waals surface area (Å²) in [6.45, 7) is 0.969. The minimum absolute atomic E-state index is 0.159. The van der Waals surface area contributed by atoms with Crippen molar-refractivity contribution in [1.29, 1.82) is 5.26 Å². The first kappa shape index (κ1) is 10.7. The first-order valence-corrected chi connectivity index (χ1v) is 5.49. The summed E-state index contributed by atoms with van der Waals surface area (Å²) in [5.41, 5.74) is 0. The Morgan fingerprint density at radius 2 is 2.44 bits per heavy atom. The molecule has 1 saturated carbocycles. The lowest BCUT2D eigenvalue weighted by Gasteiger charge is -2.20. The van der Waals surface area contributed by atoms with E-state index in [1.165, 1.54) is 0 Å². The van der Waals surface area contributed by atoms with E-state index in [-0.39, 0.29) is 11.8 Å². The number of rotatable bonds is 5. The highest BCUT2D eigenvalue weighted by atomic mass is 16.3. The molecule has 1 fully saturated rings. The van der Waals surface area contributed by atoms with E-state index in [0.29, 0.717) is 19.5 Å². The molecule has 4 nitrogen and oxygen atoms in total. The van der Waals surface area contributed by atoms with E-state index in [0.717, 1.165) is 18.6 Å². The SMILES string of the molecule is N#CCCN(Cc1ccco1)C(=O)C1CC1. The smallest absolute Gasteiger partial charge is 0.226 e. The van der Waals surface area contributed by atoms with E-state index in [9.17, 15) is 4.79 Å². The van der Waals surface area contributed by atoms with Gasteiger partial charge in [-0.25, -0.2) is 0 Å². The fraction of sp³-hybridized carbons (Fsp3) is 0.500. The van der Waals surface area contributed by atoms with Crippen molar-refractivity contribution in [1.82, 2.24) is 4.90 Å². The van der Waals surface area contributed by atoms with Crippen LogP contribution in [-0.4, -0.2) is 17.4 Å². The summed E-state index contributed by atoms with van der Waals surface area (Å²) < 4.78 is 5.22. The molecule has 0 radical (unpaired) electrons. The monoisotopic (exact) mass is 218 g/mol. The van der Waals surface area contributed by atoms with Crippen LogP contribution in [0.2, 0.25) is 0 Å². The van der Waals surface area contributed by atoms with Gasteiger partial charge in [0.05, 0.1) is 25.3 Å². The van der Waals surface area contributed by atoms with Gasteiger partial charge in [-0.3, -0.25) is 4.79 Å². The third-order valence-electron chi connectivity index (χ3n) is 2.66. The van der Waals surface area contributed by atoms with Crippen LogP contribution in [0.4, 0.5) is 0 Å². The van der Waals surface area contributed by atoms with Crippen LogP contribution in [0.5, 0.6) is 0 Å². The van der Waals surface area contributed by atoms with Crippen molar-refractivity contribution in [3.05, 3.63) is 24.2 Å². The van der Waals surface area contributed by atoms with Crippen molar-refractivity contribution in [2.24, 2.45) is 5.92 Å². The molecule has 0 aliphatic heterocycles. The van der Waals surface area contributed by atoms with Crippen molar-refractivity contribution >= 4 is 5.91 Å². The van der Waals surface area contributed by atoms with Crippen LogP contribution in [-0.2, 0) is 11.3 Å². The molecule has 0 N–H and O–H groups in total. The normalized spacial score (nSPS) is 14.4. The third-order valence-corrected chi connectivity index (χ3v) is 2.66. The van der Waals surface area contributed by atoms with Gasteiger partial charge in [0.15, 0.2) is 0 Å². The van der Waals surface area contributed by atoms with E-state index in [2.05, 4.69) is 6.07 Å². The molecule has 16 heavy (non-hydrogen) atoms. The van der Waals surface area contributed by atoms with Gasteiger partial charge in [-0.15, -0.1) is 0 Å². The van der Waals surface area contributed by atoms with Crippen molar-refractivity contribution in [2.45, 2.75) is 25.8 Å². The second-order valence-electron chi connectivity index (χ2n) is 4.02. The summed E-state index contributed by atoms with van der Waals surface area (Å²) in [6, 6.07) is 5.72. The predicted octanol–water partition coefficient (Wildman–Crippen LogP) is 1.93. The number of nitrogens with zero attached hydrogens (tertiary/aromatic N) is 2. The average Bonchev–Trinajstić information content (AvgIpc) is 3.02. The maximum atomic E-state index is 11.9. The zero-order valence-electron chi connectivity index (χ0n) is 9.06. The number of furan rings is 1. The molecule has 0 atom stereocenters. The van der Waals surface area contributed by atoms with Gasteiger partial charge in [-0.1, -0.05) is 0 Å². The van der Waals surface area contributed by atoms with Gasteiger partial charge in [-0.05, 0) is 25.0 Å². The van der Waals surface area contributed by atoms with Crippen LogP contribution >= 0.6 is 0 Å². The molecule has 2 rings (SSSR count). The minimum Gasteiger partial charge on any atom is -0.467 e. The van der Waals surface area contributed by atoms with E-state index in [1.54, 1.807) is 17.2 Å². The molecule has 0 unspecified atom stereocenters. The van der Waals surface area contributed by atoms with Gasteiger partial charge in [0.2, 0.25) is 5.91 Å². The number of amides is 1. The Kier molecular flexibility index (Phi) is 3.25. The fourth-order valence-electron chi connectivity index (χ4n) is 1.63. The highest BCUT2D eigenvalue weighted by molar-refractivity contribution is 5.81.